The van der Waals surface area contributed by atoms with Crippen LogP contribution in [0.3, 0.4) is 0 Å². The highest BCUT2D eigenvalue weighted by atomic mass is 16.3. The van der Waals surface area contributed by atoms with Crippen molar-refractivity contribution in [1.29, 1.82) is 0 Å². The van der Waals surface area contributed by atoms with Crippen LogP contribution in [0.2, 0.25) is 0 Å². The first-order chi connectivity index (χ1) is 7.81. The lowest BCUT2D eigenvalue weighted by atomic mass is 9.81. The van der Waals surface area contributed by atoms with Gasteiger partial charge < -0.3 is 15.7 Å². The van der Waals surface area contributed by atoms with Crippen molar-refractivity contribution in [3.05, 3.63) is 0 Å². The molecule has 94 valence electrons. The van der Waals surface area contributed by atoms with Gasteiger partial charge in [-0.15, -0.1) is 0 Å². The summed E-state index contributed by atoms with van der Waals surface area (Å²) < 4.78 is 0. The van der Waals surface area contributed by atoms with Gasteiger partial charge in [-0.3, -0.25) is 0 Å². The maximum atomic E-state index is 10.4. The van der Waals surface area contributed by atoms with E-state index in [1.807, 2.05) is 0 Å². The minimum Gasteiger partial charge on any atom is -0.391 e. The predicted octanol–water partition coefficient (Wildman–Crippen LogP) is 1.13. The predicted molar refractivity (Wildman–Crippen MR) is 66.4 cm³/mol. The second-order valence-corrected chi connectivity index (χ2v) is 5.44. The molecule has 0 aromatic heterocycles. The van der Waals surface area contributed by atoms with Gasteiger partial charge in [0.15, 0.2) is 0 Å². The minimum absolute atomic E-state index is 0.128. The maximum Gasteiger partial charge on any atom is 0.0722 e. The lowest BCUT2D eigenvalue weighted by molar-refractivity contribution is 0.0355. The third kappa shape index (κ3) is 2.96. The van der Waals surface area contributed by atoms with Gasteiger partial charge in [0.25, 0.3) is 0 Å². The first-order valence-corrected chi connectivity index (χ1v) is 6.93. The summed E-state index contributed by atoms with van der Waals surface area (Å²) >= 11 is 0. The van der Waals surface area contributed by atoms with Gasteiger partial charge in [0, 0.05) is 6.04 Å². The first kappa shape index (κ1) is 12.3. The van der Waals surface area contributed by atoms with Gasteiger partial charge in [-0.25, -0.2) is 0 Å². The molecule has 3 heteroatoms. The molecule has 2 aliphatic rings. The molecule has 2 fully saturated rings. The Hall–Kier alpha value is -0.120. The second-order valence-electron chi connectivity index (χ2n) is 5.44. The Morgan fingerprint density at radius 1 is 1.19 bits per heavy atom. The quantitative estimate of drug-likeness (QED) is 0.676. The van der Waals surface area contributed by atoms with E-state index < -0.39 is 0 Å². The summed E-state index contributed by atoms with van der Waals surface area (Å²) in [5.41, 5.74) is 0. The van der Waals surface area contributed by atoms with E-state index >= 15 is 0 Å². The average molecular weight is 226 g/mol. The first-order valence-electron chi connectivity index (χ1n) is 6.93. The smallest absolute Gasteiger partial charge is 0.0722 e. The normalized spacial score (nSPS) is 34.9. The maximum absolute atomic E-state index is 10.4. The van der Waals surface area contributed by atoms with E-state index in [0.29, 0.717) is 12.0 Å². The molecule has 16 heavy (non-hydrogen) atoms. The minimum atomic E-state index is -0.128. The van der Waals surface area contributed by atoms with Crippen LogP contribution >= 0.6 is 0 Å². The highest BCUT2D eigenvalue weighted by molar-refractivity contribution is 4.88. The zero-order valence-electron chi connectivity index (χ0n) is 10.4. The van der Waals surface area contributed by atoms with Crippen molar-refractivity contribution < 1.29 is 5.11 Å². The molecule has 0 aromatic carbocycles. The number of piperidine rings is 2. The molecule has 0 aliphatic carbocycles. The Morgan fingerprint density at radius 3 is 2.62 bits per heavy atom. The van der Waals surface area contributed by atoms with E-state index in [2.05, 4.69) is 17.6 Å². The van der Waals surface area contributed by atoms with Gasteiger partial charge >= 0.3 is 0 Å². The van der Waals surface area contributed by atoms with Gasteiger partial charge in [-0.1, -0.05) is 13.3 Å². The van der Waals surface area contributed by atoms with Gasteiger partial charge in [0.05, 0.1) is 6.10 Å². The molecule has 2 saturated heterocycles. The molecule has 0 radical (unpaired) electrons. The highest BCUT2D eigenvalue weighted by Gasteiger charge is 2.31. The van der Waals surface area contributed by atoms with Crippen molar-refractivity contribution in [2.75, 3.05) is 19.6 Å². The highest BCUT2D eigenvalue weighted by Crippen LogP contribution is 2.26. The summed E-state index contributed by atoms with van der Waals surface area (Å²) in [6.07, 6.45) is 5.85. The molecule has 0 spiro atoms. The Bertz CT molecular complexity index is 204. The Balaban J connectivity index is 1.84. The van der Waals surface area contributed by atoms with Gasteiger partial charge in [0.1, 0.15) is 0 Å². The van der Waals surface area contributed by atoms with Crippen molar-refractivity contribution in [3.63, 3.8) is 0 Å². The molecule has 3 N–H and O–H groups in total. The Kier molecular flexibility index (Phi) is 4.62. The molecule has 0 aromatic rings. The van der Waals surface area contributed by atoms with Crippen LogP contribution in [0.4, 0.5) is 0 Å². The number of rotatable bonds is 3. The zero-order valence-corrected chi connectivity index (χ0v) is 10.4. The van der Waals surface area contributed by atoms with E-state index in [4.69, 9.17) is 0 Å². The molecule has 2 rings (SSSR count). The SMILES string of the molecule is CCC1CCNC(C(O)C2CCNCC2)C1. The largest absolute Gasteiger partial charge is 0.391 e. The zero-order chi connectivity index (χ0) is 11.4. The number of aliphatic hydroxyl groups excluding tert-OH is 1. The fourth-order valence-electron chi connectivity index (χ4n) is 3.18. The molecule has 3 atom stereocenters. The third-order valence-corrected chi connectivity index (χ3v) is 4.40. The summed E-state index contributed by atoms with van der Waals surface area (Å²) in [7, 11) is 0. The van der Waals surface area contributed by atoms with Crippen molar-refractivity contribution in [1.82, 2.24) is 10.6 Å². The monoisotopic (exact) mass is 226 g/mol. The van der Waals surface area contributed by atoms with Crippen molar-refractivity contribution in [2.45, 2.75) is 51.2 Å². The number of nitrogens with one attached hydrogen (secondary N) is 2. The molecule has 2 aliphatic heterocycles. The number of aliphatic hydroxyl groups is 1. The molecular formula is C13H26N2O. The van der Waals surface area contributed by atoms with Crippen LogP contribution in [0.15, 0.2) is 0 Å². The van der Waals surface area contributed by atoms with E-state index in [-0.39, 0.29) is 6.10 Å². The van der Waals surface area contributed by atoms with E-state index in [1.54, 1.807) is 0 Å². The lowest BCUT2D eigenvalue weighted by Gasteiger charge is -2.37. The molecule has 3 unspecified atom stereocenters. The lowest BCUT2D eigenvalue weighted by Crippen LogP contribution is -2.50. The summed E-state index contributed by atoms with van der Waals surface area (Å²) in [6.45, 7) is 5.51. The number of hydrogen-bond acceptors (Lipinski definition) is 3. The van der Waals surface area contributed by atoms with E-state index in [0.717, 1.165) is 38.4 Å². The van der Waals surface area contributed by atoms with Crippen LogP contribution in [0, 0.1) is 11.8 Å². The van der Waals surface area contributed by atoms with Gasteiger partial charge in [-0.05, 0) is 57.2 Å². The van der Waals surface area contributed by atoms with Crippen LogP contribution < -0.4 is 10.6 Å². The van der Waals surface area contributed by atoms with Crippen LogP contribution in [-0.2, 0) is 0 Å². The summed E-state index contributed by atoms with van der Waals surface area (Å²) in [6, 6.07) is 0.349. The topological polar surface area (TPSA) is 44.3 Å². The van der Waals surface area contributed by atoms with E-state index in [9.17, 15) is 5.11 Å². The van der Waals surface area contributed by atoms with Gasteiger partial charge in [0.2, 0.25) is 0 Å². The fourth-order valence-corrected chi connectivity index (χ4v) is 3.18. The summed E-state index contributed by atoms with van der Waals surface area (Å²) in [4.78, 5) is 0. The molecule has 0 bridgehead atoms. The van der Waals surface area contributed by atoms with Crippen molar-refractivity contribution in [3.8, 4) is 0 Å². The average Bonchev–Trinajstić information content (AvgIpc) is 2.39. The summed E-state index contributed by atoms with van der Waals surface area (Å²) in [5.74, 6) is 1.33. The van der Waals surface area contributed by atoms with Crippen molar-refractivity contribution >= 4 is 0 Å². The Morgan fingerprint density at radius 2 is 1.94 bits per heavy atom. The standard InChI is InChI=1S/C13H26N2O/c1-2-10-3-8-15-12(9-10)13(16)11-4-6-14-7-5-11/h10-16H,2-9H2,1H3. The molecule has 3 nitrogen and oxygen atoms in total. The van der Waals surface area contributed by atoms with Crippen LogP contribution in [0.1, 0.15) is 39.0 Å². The van der Waals surface area contributed by atoms with Crippen LogP contribution in [0.25, 0.3) is 0 Å². The molecule has 0 amide bonds. The second kappa shape index (κ2) is 5.99. The van der Waals surface area contributed by atoms with Crippen molar-refractivity contribution in [2.24, 2.45) is 11.8 Å². The molecule has 2 heterocycles. The fraction of sp³-hybridized carbons (Fsp3) is 1.00. The van der Waals surface area contributed by atoms with Crippen LogP contribution in [0.5, 0.6) is 0 Å². The Labute approximate surface area is 99.0 Å². The van der Waals surface area contributed by atoms with Gasteiger partial charge in [-0.2, -0.15) is 0 Å². The molecular weight excluding hydrogens is 200 g/mol. The summed E-state index contributed by atoms with van der Waals surface area (Å²) in [5, 5.41) is 17.3. The molecule has 0 saturated carbocycles. The number of hydrogen-bond donors (Lipinski definition) is 3. The van der Waals surface area contributed by atoms with Crippen LogP contribution in [-0.4, -0.2) is 36.9 Å². The third-order valence-electron chi connectivity index (χ3n) is 4.40. The van der Waals surface area contributed by atoms with E-state index in [1.165, 1.54) is 19.3 Å².